The molecule has 134 valence electrons. The minimum Gasteiger partial charge on any atom is -0.357 e. The second kappa shape index (κ2) is 10.1. The van der Waals surface area contributed by atoms with E-state index in [2.05, 4.69) is 41.2 Å². The quantitative estimate of drug-likeness (QED) is 0.555. The Morgan fingerprint density at radius 3 is 2.35 bits per heavy atom. The molecule has 2 aliphatic rings. The summed E-state index contributed by atoms with van der Waals surface area (Å²) in [6.45, 7) is 14.3. The molecule has 2 rings (SSSR count). The Morgan fingerprint density at radius 1 is 0.913 bits per heavy atom. The van der Waals surface area contributed by atoms with Gasteiger partial charge >= 0.3 is 0 Å². The first-order chi connectivity index (χ1) is 11.3. The molecular formula is C18H37N5. The van der Waals surface area contributed by atoms with E-state index in [1.165, 1.54) is 45.2 Å². The summed E-state index contributed by atoms with van der Waals surface area (Å²) in [5.74, 6) is 0.997. The maximum Gasteiger partial charge on any atom is 0.191 e. The van der Waals surface area contributed by atoms with Crippen LogP contribution in [-0.2, 0) is 0 Å². The fourth-order valence-electron chi connectivity index (χ4n) is 3.98. The molecule has 0 bridgehead atoms. The summed E-state index contributed by atoms with van der Waals surface area (Å²) in [5.41, 5.74) is 0. The van der Waals surface area contributed by atoms with Crippen molar-refractivity contribution in [3.63, 3.8) is 0 Å². The van der Waals surface area contributed by atoms with Gasteiger partial charge in [0.2, 0.25) is 0 Å². The number of rotatable bonds is 7. The van der Waals surface area contributed by atoms with Crippen LogP contribution >= 0.6 is 0 Å². The molecule has 0 aromatic rings. The SMILES string of the molecule is CCNC(=NCC1CCCN1CC)NCC1CCCCN1CC. The molecule has 0 aromatic carbocycles. The Hall–Kier alpha value is -0.810. The maximum absolute atomic E-state index is 4.86. The van der Waals surface area contributed by atoms with Crippen LogP contribution in [0.5, 0.6) is 0 Å². The van der Waals surface area contributed by atoms with Gasteiger partial charge in [0.15, 0.2) is 5.96 Å². The van der Waals surface area contributed by atoms with Crippen LogP contribution in [0.2, 0.25) is 0 Å². The van der Waals surface area contributed by atoms with Crippen molar-refractivity contribution >= 4 is 5.96 Å². The van der Waals surface area contributed by atoms with E-state index >= 15 is 0 Å². The second-order valence-electron chi connectivity index (χ2n) is 6.80. The number of nitrogens with one attached hydrogen (secondary N) is 2. The summed E-state index contributed by atoms with van der Waals surface area (Å²) in [6, 6.07) is 1.30. The van der Waals surface area contributed by atoms with Gasteiger partial charge in [0.1, 0.15) is 0 Å². The van der Waals surface area contributed by atoms with E-state index in [4.69, 9.17) is 4.99 Å². The molecule has 0 aromatic heterocycles. The molecule has 0 radical (unpaired) electrons. The third-order valence-electron chi connectivity index (χ3n) is 5.37. The predicted molar refractivity (Wildman–Crippen MR) is 99.1 cm³/mol. The Morgan fingerprint density at radius 2 is 1.61 bits per heavy atom. The highest BCUT2D eigenvalue weighted by molar-refractivity contribution is 5.79. The Balaban J connectivity index is 1.83. The third-order valence-corrected chi connectivity index (χ3v) is 5.37. The summed E-state index contributed by atoms with van der Waals surface area (Å²) < 4.78 is 0. The predicted octanol–water partition coefficient (Wildman–Crippen LogP) is 1.90. The Bertz CT molecular complexity index is 357. The zero-order chi connectivity index (χ0) is 16.5. The molecule has 2 unspecified atom stereocenters. The van der Waals surface area contributed by atoms with Crippen LogP contribution in [0.1, 0.15) is 52.9 Å². The number of likely N-dealkylation sites (N-methyl/N-ethyl adjacent to an activating group) is 2. The van der Waals surface area contributed by atoms with E-state index in [-0.39, 0.29) is 0 Å². The Kier molecular flexibility index (Phi) is 8.17. The lowest BCUT2D eigenvalue weighted by molar-refractivity contribution is 0.157. The highest BCUT2D eigenvalue weighted by atomic mass is 15.2. The normalized spacial score (nSPS) is 27.3. The van der Waals surface area contributed by atoms with Crippen molar-refractivity contribution in [2.75, 3.05) is 45.8 Å². The summed E-state index contributed by atoms with van der Waals surface area (Å²) >= 11 is 0. The van der Waals surface area contributed by atoms with Gasteiger partial charge in [-0.25, -0.2) is 0 Å². The van der Waals surface area contributed by atoms with E-state index in [1.54, 1.807) is 0 Å². The smallest absolute Gasteiger partial charge is 0.191 e. The summed E-state index contributed by atoms with van der Waals surface area (Å²) in [6.07, 6.45) is 6.65. The standard InChI is InChI=1S/C18H37N5/c1-4-19-18(21-15-17-11-9-13-23(17)6-3)20-14-16-10-7-8-12-22(16)5-2/h16-17H,4-15H2,1-3H3,(H2,19,20,21). The van der Waals surface area contributed by atoms with Crippen molar-refractivity contribution in [1.29, 1.82) is 0 Å². The minimum absolute atomic E-state index is 0.636. The number of aliphatic imine (C=N–C) groups is 1. The summed E-state index contributed by atoms with van der Waals surface area (Å²) in [5, 5.41) is 7.00. The molecule has 2 heterocycles. The molecule has 2 fully saturated rings. The van der Waals surface area contributed by atoms with Gasteiger partial charge in [-0.2, -0.15) is 0 Å². The lowest BCUT2D eigenvalue weighted by atomic mass is 10.0. The van der Waals surface area contributed by atoms with Crippen LogP contribution in [0.25, 0.3) is 0 Å². The fourth-order valence-corrected chi connectivity index (χ4v) is 3.98. The van der Waals surface area contributed by atoms with Gasteiger partial charge in [0.25, 0.3) is 0 Å². The number of hydrogen-bond donors (Lipinski definition) is 2. The molecule has 5 nitrogen and oxygen atoms in total. The number of piperidine rings is 1. The molecule has 2 saturated heterocycles. The van der Waals surface area contributed by atoms with Crippen molar-refractivity contribution in [3.8, 4) is 0 Å². The van der Waals surface area contributed by atoms with E-state index in [0.29, 0.717) is 12.1 Å². The fraction of sp³-hybridized carbons (Fsp3) is 0.944. The highest BCUT2D eigenvalue weighted by Crippen LogP contribution is 2.17. The lowest BCUT2D eigenvalue weighted by Crippen LogP contribution is -2.49. The maximum atomic E-state index is 4.86. The summed E-state index contributed by atoms with van der Waals surface area (Å²) in [7, 11) is 0. The first-order valence-corrected chi connectivity index (χ1v) is 9.78. The van der Waals surface area contributed by atoms with E-state index < -0.39 is 0 Å². The lowest BCUT2D eigenvalue weighted by Gasteiger charge is -2.35. The second-order valence-corrected chi connectivity index (χ2v) is 6.80. The minimum atomic E-state index is 0.636. The number of guanidine groups is 1. The van der Waals surface area contributed by atoms with Crippen LogP contribution in [0.4, 0.5) is 0 Å². The zero-order valence-corrected chi connectivity index (χ0v) is 15.5. The van der Waals surface area contributed by atoms with Gasteiger partial charge in [-0.05, 0) is 58.8 Å². The van der Waals surface area contributed by atoms with Crippen molar-refractivity contribution in [2.24, 2.45) is 4.99 Å². The Labute approximate surface area is 142 Å². The van der Waals surface area contributed by atoms with Gasteiger partial charge in [0, 0.05) is 25.2 Å². The van der Waals surface area contributed by atoms with E-state index in [9.17, 15) is 0 Å². The van der Waals surface area contributed by atoms with Crippen LogP contribution in [0, 0.1) is 0 Å². The van der Waals surface area contributed by atoms with Crippen LogP contribution in [-0.4, -0.2) is 73.7 Å². The van der Waals surface area contributed by atoms with Gasteiger partial charge in [-0.3, -0.25) is 14.8 Å². The molecule has 23 heavy (non-hydrogen) atoms. The van der Waals surface area contributed by atoms with Crippen molar-refractivity contribution in [2.45, 2.75) is 65.0 Å². The number of hydrogen-bond acceptors (Lipinski definition) is 3. The van der Waals surface area contributed by atoms with Crippen molar-refractivity contribution < 1.29 is 0 Å². The first kappa shape index (κ1) is 18.5. The molecule has 2 N–H and O–H groups in total. The van der Waals surface area contributed by atoms with Gasteiger partial charge in [-0.1, -0.05) is 20.3 Å². The summed E-state index contributed by atoms with van der Waals surface area (Å²) in [4.78, 5) is 10.0. The highest BCUT2D eigenvalue weighted by Gasteiger charge is 2.23. The average molecular weight is 324 g/mol. The number of likely N-dealkylation sites (tertiary alicyclic amines) is 2. The average Bonchev–Trinajstić information content (AvgIpc) is 3.05. The zero-order valence-electron chi connectivity index (χ0n) is 15.5. The molecule has 0 saturated carbocycles. The topological polar surface area (TPSA) is 42.9 Å². The molecule has 0 amide bonds. The third kappa shape index (κ3) is 5.64. The largest absolute Gasteiger partial charge is 0.357 e. The molecule has 2 atom stereocenters. The molecule has 0 aliphatic carbocycles. The van der Waals surface area contributed by atoms with Crippen molar-refractivity contribution in [3.05, 3.63) is 0 Å². The first-order valence-electron chi connectivity index (χ1n) is 9.78. The van der Waals surface area contributed by atoms with Crippen molar-refractivity contribution in [1.82, 2.24) is 20.4 Å². The van der Waals surface area contributed by atoms with Crippen LogP contribution < -0.4 is 10.6 Å². The van der Waals surface area contributed by atoms with Gasteiger partial charge in [0.05, 0.1) is 6.54 Å². The molecule has 5 heteroatoms. The van der Waals surface area contributed by atoms with E-state index in [0.717, 1.165) is 38.7 Å². The molecule has 0 spiro atoms. The van der Waals surface area contributed by atoms with Crippen LogP contribution in [0.3, 0.4) is 0 Å². The molecule has 2 aliphatic heterocycles. The number of nitrogens with zero attached hydrogens (tertiary/aromatic N) is 3. The molecular weight excluding hydrogens is 286 g/mol. The monoisotopic (exact) mass is 323 g/mol. The van der Waals surface area contributed by atoms with Crippen LogP contribution in [0.15, 0.2) is 4.99 Å². The van der Waals surface area contributed by atoms with Gasteiger partial charge < -0.3 is 10.6 Å². The van der Waals surface area contributed by atoms with Gasteiger partial charge in [-0.15, -0.1) is 0 Å². The van der Waals surface area contributed by atoms with E-state index in [1.807, 2.05) is 0 Å².